The van der Waals surface area contributed by atoms with Crippen molar-refractivity contribution in [1.29, 1.82) is 0 Å². The van der Waals surface area contributed by atoms with Gasteiger partial charge in [-0.15, -0.1) is 11.3 Å². The van der Waals surface area contributed by atoms with Gasteiger partial charge in [0.1, 0.15) is 11.5 Å². The summed E-state index contributed by atoms with van der Waals surface area (Å²) in [6.45, 7) is 4.83. The van der Waals surface area contributed by atoms with Crippen molar-refractivity contribution in [3.05, 3.63) is 45.1 Å². The highest BCUT2D eigenvalue weighted by molar-refractivity contribution is 7.16. The zero-order valence-electron chi connectivity index (χ0n) is 14.1. The molecule has 2 aromatic heterocycles. The monoisotopic (exact) mass is 374 g/mol. The van der Waals surface area contributed by atoms with E-state index in [9.17, 15) is 4.79 Å². The molecule has 0 aliphatic carbocycles. The SMILES string of the molecule is CC(C)c1sc(Cl)nc1C(=O)N1CCCC1c1nc2ccccc2[nH]1. The fourth-order valence-electron chi connectivity index (χ4n) is 3.41. The molecule has 1 atom stereocenters. The number of rotatable bonds is 3. The highest BCUT2D eigenvalue weighted by Crippen LogP contribution is 2.36. The molecule has 1 fully saturated rings. The van der Waals surface area contributed by atoms with Crippen molar-refractivity contribution in [1.82, 2.24) is 19.9 Å². The number of amides is 1. The summed E-state index contributed by atoms with van der Waals surface area (Å²) < 4.78 is 0.423. The smallest absolute Gasteiger partial charge is 0.274 e. The van der Waals surface area contributed by atoms with E-state index in [2.05, 4.69) is 23.8 Å². The lowest BCUT2D eigenvalue weighted by atomic mass is 10.1. The van der Waals surface area contributed by atoms with E-state index < -0.39 is 0 Å². The average Bonchev–Trinajstić information content (AvgIpc) is 3.30. The lowest BCUT2D eigenvalue weighted by Gasteiger charge is -2.23. The minimum absolute atomic E-state index is 0.0413. The minimum atomic E-state index is -0.0465. The second-order valence-electron chi connectivity index (χ2n) is 6.63. The van der Waals surface area contributed by atoms with Crippen molar-refractivity contribution in [3.8, 4) is 0 Å². The molecule has 5 nitrogen and oxygen atoms in total. The van der Waals surface area contributed by atoms with Crippen LogP contribution in [0.5, 0.6) is 0 Å². The first kappa shape index (κ1) is 16.5. The predicted octanol–water partition coefficient (Wildman–Crippen LogP) is 4.77. The van der Waals surface area contributed by atoms with E-state index in [1.165, 1.54) is 11.3 Å². The summed E-state index contributed by atoms with van der Waals surface area (Å²) >= 11 is 7.48. The number of hydrogen-bond acceptors (Lipinski definition) is 4. The number of thiazole rings is 1. The maximum Gasteiger partial charge on any atom is 0.274 e. The van der Waals surface area contributed by atoms with Crippen molar-refractivity contribution in [3.63, 3.8) is 0 Å². The molecule has 0 bridgehead atoms. The quantitative estimate of drug-likeness (QED) is 0.718. The molecule has 3 heterocycles. The van der Waals surface area contributed by atoms with E-state index in [-0.39, 0.29) is 17.9 Å². The zero-order valence-corrected chi connectivity index (χ0v) is 15.7. The molecule has 3 aromatic rings. The molecule has 25 heavy (non-hydrogen) atoms. The second-order valence-corrected chi connectivity index (χ2v) is 8.24. The van der Waals surface area contributed by atoms with Crippen LogP contribution in [0.3, 0.4) is 0 Å². The highest BCUT2D eigenvalue weighted by atomic mass is 35.5. The number of carbonyl (C=O) groups excluding carboxylic acids is 1. The number of benzene rings is 1. The third kappa shape index (κ3) is 2.93. The summed E-state index contributed by atoms with van der Waals surface area (Å²) in [7, 11) is 0. The van der Waals surface area contributed by atoms with Gasteiger partial charge in [0, 0.05) is 11.4 Å². The fraction of sp³-hybridized carbons (Fsp3) is 0.389. The first-order chi connectivity index (χ1) is 12.0. The number of para-hydroxylation sites is 2. The number of hydrogen-bond donors (Lipinski definition) is 1. The summed E-state index contributed by atoms with van der Waals surface area (Å²) in [5.74, 6) is 1.02. The molecule has 1 saturated heterocycles. The van der Waals surface area contributed by atoms with Crippen LogP contribution in [0.4, 0.5) is 0 Å². The number of nitrogens with one attached hydrogen (secondary N) is 1. The van der Waals surface area contributed by atoms with Gasteiger partial charge in [-0.25, -0.2) is 9.97 Å². The topological polar surface area (TPSA) is 61.9 Å². The number of halogens is 1. The molecule has 0 spiro atoms. The molecule has 1 aliphatic heterocycles. The Labute approximate surface area is 155 Å². The Morgan fingerprint density at radius 3 is 2.92 bits per heavy atom. The summed E-state index contributed by atoms with van der Waals surface area (Å²) in [6, 6.07) is 7.89. The standard InChI is InChI=1S/C18H19ClN4OS/c1-10(2)15-14(22-18(19)25-15)17(24)23-9-5-8-13(23)16-20-11-6-3-4-7-12(11)21-16/h3-4,6-7,10,13H,5,8-9H2,1-2H3,(H,20,21). The van der Waals surface area contributed by atoms with Crippen LogP contribution in [0.25, 0.3) is 11.0 Å². The third-order valence-electron chi connectivity index (χ3n) is 4.59. The molecule has 7 heteroatoms. The van der Waals surface area contributed by atoms with Gasteiger partial charge in [-0.1, -0.05) is 37.6 Å². The molecule has 1 unspecified atom stereocenters. The van der Waals surface area contributed by atoms with Crippen molar-refractivity contribution in [2.24, 2.45) is 0 Å². The Hall–Kier alpha value is -1.92. The number of likely N-dealkylation sites (tertiary alicyclic amines) is 1. The van der Waals surface area contributed by atoms with Crippen molar-refractivity contribution in [2.45, 2.75) is 38.6 Å². The molecule has 1 amide bonds. The van der Waals surface area contributed by atoms with Crippen LogP contribution in [0.1, 0.15) is 59.8 Å². The first-order valence-corrected chi connectivity index (χ1v) is 9.66. The van der Waals surface area contributed by atoms with E-state index in [0.717, 1.165) is 34.6 Å². The molecule has 1 aromatic carbocycles. The molecule has 1 aliphatic rings. The normalized spacial score (nSPS) is 17.8. The lowest BCUT2D eigenvalue weighted by Crippen LogP contribution is -2.32. The molecule has 0 radical (unpaired) electrons. The Morgan fingerprint density at radius 2 is 2.16 bits per heavy atom. The molecule has 4 rings (SSSR count). The molecule has 0 saturated carbocycles. The highest BCUT2D eigenvalue weighted by Gasteiger charge is 2.35. The summed E-state index contributed by atoms with van der Waals surface area (Å²) in [6.07, 6.45) is 1.86. The van der Waals surface area contributed by atoms with Crippen molar-refractivity contribution in [2.75, 3.05) is 6.54 Å². The van der Waals surface area contributed by atoms with E-state index in [1.54, 1.807) is 0 Å². The number of aromatic nitrogens is 3. The van der Waals surface area contributed by atoms with Crippen LogP contribution in [0, 0.1) is 0 Å². The lowest BCUT2D eigenvalue weighted by molar-refractivity contribution is 0.0724. The van der Waals surface area contributed by atoms with Gasteiger partial charge >= 0.3 is 0 Å². The van der Waals surface area contributed by atoms with Crippen LogP contribution >= 0.6 is 22.9 Å². The van der Waals surface area contributed by atoms with Gasteiger partial charge in [0.15, 0.2) is 4.47 Å². The molecule has 1 N–H and O–H groups in total. The number of H-pyrrole nitrogens is 1. The van der Waals surface area contributed by atoms with E-state index in [4.69, 9.17) is 16.6 Å². The van der Waals surface area contributed by atoms with Gasteiger partial charge in [-0.3, -0.25) is 4.79 Å². The average molecular weight is 375 g/mol. The van der Waals surface area contributed by atoms with Gasteiger partial charge in [0.25, 0.3) is 5.91 Å². The largest absolute Gasteiger partial charge is 0.340 e. The van der Waals surface area contributed by atoms with Gasteiger partial charge in [-0.2, -0.15) is 0 Å². The van der Waals surface area contributed by atoms with Gasteiger partial charge < -0.3 is 9.88 Å². The maximum atomic E-state index is 13.2. The molecular formula is C18H19ClN4OS. The Kier molecular flexibility index (Phi) is 4.25. The third-order valence-corrected chi connectivity index (χ3v) is 6.05. The van der Waals surface area contributed by atoms with E-state index >= 15 is 0 Å². The second kappa shape index (κ2) is 6.42. The van der Waals surface area contributed by atoms with Crippen LogP contribution < -0.4 is 0 Å². The van der Waals surface area contributed by atoms with E-state index in [0.29, 0.717) is 16.7 Å². The van der Waals surface area contributed by atoms with E-state index in [1.807, 2.05) is 29.2 Å². The van der Waals surface area contributed by atoms with Crippen molar-refractivity contribution < 1.29 is 4.79 Å². The Balaban J connectivity index is 1.68. The van der Waals surface area contributed by atoms with Crippen molar-refractivity contribution >= 4 is 39.9 Å². The number of nitrogens with zero attached hydrogens (tertiary/aromatic N) is 3. The molecular weight excluding hydrogens is 356 g/mol. The summed E-state index contributed by atoms with van der Waals surface area (Å²) in [4.78, 5) is 28.4. The predicted molar refractivity (Wildman–Crippen MR) is 100 cm³/mol. The number of carbonyl (C=O) groups is 1. The Bertz CT molecular complexity index is 899. The van der Waals surface area contributed by atoms with Gasteiger partial charge in [0.05, 0.1) is 17.1 Å². The number of fused-ring (bicyclic) bond motifs is 1. The van der Waals surface area contributed by atoms with Gasteiger partial charge in [-0.05, 0) is 30.9 Å². The number of imidazole rings is 1. The van der Waals surface area contributed by atoms with Crippen LogP contribution in [0.15, 0.2) is 24.3 Å². The Morgan fingerprint density at radius 1 is 1.36 bits per heavy atom. The maximum absolute atomic E-state index is 13.2. The van der Waals surface area contributed by atoms with Crippen LogP contribution in [-0.2, 0) is 0 Å². The van der Waals surface area contributed by atoms with Crippen LogP contribution in [0.2, 0.25) is 4.47 Å². The first-order valence-electron chi connectivity index (χ1n) is 8.46. The zero-order chi connectivity index (χ0) is 17.6. The van der Waals surface area contributed by atoms with Crippen LogP contribution in [-0.4, -0.2) is 32.3 Å². The summed E-state index contributed by atoms with van der Waals surface area (Å²) in [5.41, 5.74) is 2.42. The van der Waals surface area contributed by atoms with Gasteiger partial charge in [0.2, 0.25) is 0 Å². The fourth-order valence-corrected chi connectivity index (χ4v) is 4.53. The molecule has 130 valence electrons. The minimum Gasteiger partial charge on any atom is -0.340 e. The summed E-state index contributed by atoms with van der Waals surface area (Å²) in [5, 5.41) is 0. The number of aromatic amines is 1.